The van der Waals surface area contributed by atoms with Crippen LogP contribution in [0.1, 0.15) is 13.3 Å². The van der Waals surface area contributed by atoms with Gasteiger partial charge in [0.15, 0.2) is 5.96 Å². The lowest BCUT2D eigenvalue weighted by Crippen LogP contribution is -2.49. The molecule has 1 aliphatic rings. The average Bonchev–Trinajstić information content (AvgIpc) is 2.82. The van der Waals surface area contributed by atoms with E-state index >= 15 is 0 Å². The summed E-state index contributed by atoms with van der Waals surface area (Å²) in [5, 5.41) is 6.32. The van der Waals surface area contributed by atoms with E-state index in [9.17, 15) is 9.18 Å². The number of halogens is 1. The molecule has 8 nitrogen and oxygen atoms in total. The number of hydrogen-bond donors (Lipinski definition) is 2. The van der Waals surface area contributed by atoms with E-state index < -0.39 is 0 Å². The van der Waals surface area contributed by atoms with Gasteiger partial charge >= 0.3 is 0 Å². The summed E-state index contributed by atoms with van der Waals surface area (Å²) in [7, 11) is 1.67. The molecule has 9 heteroatoms. The smallest absolute Gasteiger partial charge is 0.224 e. The second kappa shape index (κ2) is 11.9. The van der Waals surface area contributed by atoms with Crippen molar-refractivity contribution in [3.63, 3.8) is 0 Å². The summed E-state index contributed by atoms with van der Waals surface area (Å²) in [4.78, 5) is 25.2. The Labute approximate surface area is 188 Å². The SMILES string of the molecule is CN=C(NCCC(=O)N1CCN(c2ccccn2)CC1)NCC(C)Oc1cccc(F)c1. The van der Waals surface area contributed by atoms with Crippen LogP contribution in [0.2, 0.25) is 0 Å². The Morgan fingerprint density at radius 1 is 1.19 bits per heavy atom. The summed E-state index contributed by atoms with van der Waals surface area (Å²) in [6.07, 6.45) is 1.99. The standard InChI is InChI=1S/C23H31FN6O2/c1-18(32-20-7-5-6-19(24)16-20)17-28-23(25-2)27-11-9-22(31)30-14-12-29(13-15-30)21-8-3-4-10-26-21/h3-8,10,16,18H,9,11-15,17H2,1-2H3,(H2,25,27,28). The van der Waals surface area contributed by atoms with E-state index in [1.54, 1.807) is 25.4 Å². The molecule has 0 radical (unpaired) electrons. The van der Waals surface area contributed by atoms with Gasteiger partial charge in [-0.25, -0.2) is 9.37 Å². The molecule has 172 valence electrons. The number of benzene rings is 1. The van der Waals surface area contributed by atoms with Crippen LogP contribution in [-0.2, 0) is 4.79 Å². The lowest BCUT2D eigenvalue weighted by Gasteiger charge is -2.35. The highest BCUT2D eigenvalue weighted by molar-refractivity contribution is 5.81. The molecule has 1 aromatic heterocycles. The zero-order chi connectivity index (χ0) is 22.8. The van der Waals surface area contributed by atoms with Crippen LogP contribution < -0.4 is 20.3 Å². The predicted octanol–water partition coefficient (Wildman–Crippen LogP) is 1.89. The number of pyridine rings is 1. The van der Waals surface area contributed by atoms with Crippen molar-refractivity contribution < 1.29 is 13.9 Å². The highest BCUT2D eigenvalue weighted by Gasteiger charge is 2.21. The van der Waals surface area contributed by atoms with Crippen molar-refractivity contribution in [2.75, 3.05) is 51.2 Å². The first-order chi connectivity index (χ1) is 15.5. The van der Waals surface area contributed by atoms with Gasteiger partial charge in [0.2, 0.25) is 5.91 Å². The van der Waals surface area contributed by atoms with Crippen molar-refractivity contribution >= 4 is 17.7 Å². The second-order valence-corrected chi connectivity index (χ2v) is 7.57. The van der Waals surface area contributed by atoms with Crippen LogP contribution in [0.25, 0.3) is 0 Å². The van der Waals surface area contributed by atoms with E-state index in [4.69, 9.17) is 4.74 Å². The minimum absolute atomic E-state index is 0.122. The monoisotopic (exact) mass is 442 g/mol. The van der Waals surface area contributed by atoms with Crippen molar-refractivity contribution in [1.82, 2.24) is 20.5 Å². The van der Waals surface area contributed by atoms with E-state index in [1.807, 2.05) is 30.0 Å². The average molecular weight is 443 g/mol. The number of piperazine rings is 1. The molecule has 0 bridgehead atoms. The summed E-state index contributed by atoms with van der Waals surface area (Å²) >= 11 is 0. The number of aliphatic imine (C=N–C) groups is 1. The van der Waals surface area contributed by atoms with Crippen LogP contribution in [-0.4, -0.2) is 74.2 Å². The number of anilines is 1. The number of nitrogens with one attached hydrogen (secondary N) is 2. The fourth-order valence-corrected chi connectivity index (χ4v) is 3.45. The molecule has 1 saturated heterocycles. The molecular weight excluding hydrogens is 411 g/mol. The van der Waals surface area contributed by atoms with Crippen LogP contribution in [0.15, 0.2) is 53.7 Å². The first kappa shape index (κ1) is 23.3. The molecule has 1 aromatic carbocycles. The lowest BCUT2D eigenvalue weighted by molar-refractivity contribution is -0.131. The van der Waals surface area contributed by atoms with Crippen LogP contribution in [0.3, 0.4) is 0 Å². The number of ether oxygens (including phenoxy) is 1. The molecule has 2 heterocycles. The highest BCUT2D eigenvalue weighted by atomic mass is 19.1. The molecule has 0 saturated carbocycles. The van der Waals surface area contributed by atoms with Crippen LogP contribution in [0.5, 0.6) is 5.75 Å². The molecule has 0 aliphatic carbocycles. The van der Waals surface area contributed by atoms with Gasteiger partial charge in [-0.1, -0.05) is 12.1 Å². The first-order valence-corrected chi connectivity index (χ1v) is 10.9. The number of hydrogen-bond acceptors (Lipinski definition) is 5. The summed E-state index contributed by atoms with van der Waals surface area (Å²) in [5.74, 6) is 1.81. The molecule has 0 spiro atoms. The number of carbonyl (C=O) groups excluding carboxylic acids is 1. The normalized spacial score (nSPS) is 15.3. The van der Waals surface area contributed by atoms with Crippen LogP contribution in [0.4, 0.5) is 10.2 Å². The molecule has 1 atom stereocenters. The van der Waals surface area contributed by atoms with Gasteiger partial charge in [0.1, 0.15) is 23.5 Å². The van der Waals surface area contributed by atoms with Crippen molar-refractivity contribution in [1.29, 1.82) is 0 Å². The number of amides is 1. The predicted molar refractivity (Wildman–Crippen MR) is 124 cm³/mol. The van der Waals surface area contributed by atoms with Crippen LogP contribution in [0, 0.1) is 5.82 Å². The molecule has 3 rings (SSSR count). The van der Waals surface area contributed by atoms with Crippen molar-refractivity contribution in [2.45, 2.75) is 19.4 Å². The van der Waals surface area contributed by atoms with Crippen molar-refractivity contribution in [2.24, 2.45) is 4.99 Å². The lowest BCUT2D eigenvalue weighted by atomic mass is 10.2. The van der Waals surface area contributed by atoms with Crippen LogP contribution >= 0.6 is 0 Å². The van der Waals surface area contributed by atoms with E-state index in [1.165, 1.54) is 12.1 Å². The minimum Gasteiger partial charge on any atom is -0.489 e. The molecule has 1 fully saturated rings. The fourth-order valence-electron chi connectivity index (χ4n) is 3.45. The zero-order valence-corrected chi connectivity index (χ0v) is 18.6. The highest BCUT2D eigenvalue weighted by Crippen LogP contribution is 2.14. The third-order valence-corrected chi connectivity index (χ3v) is 5.15. The summed E-state index contributed by atoms with van der Waals surface area (Å²) in [6.45, 7) is 5.80. The number of aromatic nitrogens is 1. The van der Waals surface area contributed by atoms with E-state index in [2.05, 4.69) is 25.5 Å². The maximum atomic E-state index is 13.3. The molecule has 32 heavy (non-hydrogen) atoms. The topological polar surface area (TPSA) is 82.1 Å². The largest absolute Gasteiger partial charge is 0.489 e. The molecular formula is C23H31FN6O2. The summed E-state index contributed by atoms with van der Waals surface area (Å²) in [6, 6.07) is 11.9. The maximum absolute atomic E-state index is 13.3. The van der Waals surface area contributed by atoms with Gasteiger partial charge < -0.3 is 25.2 Å². The molecule has 1 amide bonds. The fraction of sp³-hybridized carbons (Fsp3) is 0.435. The maximum Gasteiger partial charge on any atom is 0.224 e. The first-order valence-electron chi connectivity index (χ1n) is 10.9. The zero-order valence-electron chi connectivity index (χ0n) is 18.6. The second-order valence-electron chi connectivity index (χ2n) is 7.57. The molecule has 2 N–H and O–H groups in total. The van der Waals surface area contributed by atoms with Gasteiger partial charge in [0.25, 0.3) is 0 Å². The number of nitrogens with zero attached hydrogens (tertiary/aromatic N) is 4. The van der Waals surface area contributed by atoms with Gasteiger partial charge in [0, 0.05) is 58.5 Å². The minimum atomic E-state index is -0.331. The number of guanidine groups is 1. The third-order valence-electron chi connectivity index (χ3n) is 5.15. The Bertz CT molecular complexity index is 887. The third kappa shape index (κ3) is 7.11. The molecule has 2 aromatic rings. The van der Waals surface area contributed by atoms with Crippen molar-refractivity contribution in [3.8, 4) is 5.75 Å². The van der Waals surface area contributed by atoms with Gasteiger partial charge in [-0.05, 0) is 31.2 Å². The van der Waals surface area contributed by atoms with Gasteiger partial charge in [0.05, 0.1) is 6.54 Å². The molecule has 1 unspecified atom stereocenters. The van der Waals surface area contributed by atoms with E-state index in [0.717, 1.165) is 18.9 Å². The Morgan fingerprint density at radius 2 is 2.00 bits per heavy atom. The summed E-state index contributed by atoms with van der Waals surface area (Å²) in [5.41, 5.74) is 0. The van der Waals surface area contributed by atoms with E-state index in [-0.39, 0.29) is 17.8 Å². The van der Waals surface area contributed by atoms with Crippen molar-refractivity contribution in [3.05, 3.63) is 54.5 Å². The number of rotatable bonds is 8. The van der Waals surface area contributed by atoms with Gasteiger partial charge in [-0.15, -0.1) is 0 Å². The Kier molecular flexibility index (Phi) is 8.65. The number of carbonyl (C=O) groups is 1. The Balaban J connectivity index is 1.33. The van der Waals surface area contributed by atoms with Gasteiger partial charge in [-0.3, -0.25) is 9.79 Å². The van der Waals surface area contributed by atoms with E-state index in [0.29, 0.717) is 44.3 Å². The Hall–Kier alpha value is -3.36. The van der Waals surface area contributed by atoms with Gasteiger partial charge in [-0.2, -0.15) is 0 Å². The Morgan fingerprint density at radius 3 is 2.69 bits per heavy atom. The quantitative estimate of drug-likeness (QED) is 0.480. The summed E-state index contributed by atoms with van der Waals surface area (Å²) < 4.78 is 19.0. The molecule has 1 aliphatic heterocycles.